The number of carbonyl (C=O) groups is 2. The monoisotopic (exact) mass is 275 g/mol. The van der Waals surface area contributed by atoms with E-state index in [1.165, 1.54) is 5.56 Å². The lowest BCUT2D eigenvalue weighted by molar-refractivity contribution is -0.146. The predicted molar refractivity (Wildman–Crippen MR) is 76.0 cm³/mol. The number of hydrogen-bond donors (Lipinski definition) is 2. The van der Waals surface area contributed by atoms with Crippen LogP contribution in [0, 0.1) is 24.7 Å². The van der Waals surface area contributed by atoms with Gasteiger partial charge in [0.15, 0.2) is 0 Å². The molecular formula is C16H21NO3. The van der Waals surface area contributed by atoms with Crippen molar-refractivity contribution in [3.05, 3.63) is 35.4 Å². The summed E-state index contributed by atoms with van der Waals surface area (Å²) < 4.78 is 0. The molecule has 1 amide bonds. The molecule has 0 bridgehead atoms. The maximum absolute atomic E-state index is 12.2. The lowest BCUT2D eigenvalue weighted by atomic mass is 9.95. The Balaban J connectivity index is 1.94. The average Bonchev–Trinajstić information content (AvgIpc) is 2.80. The number of aryl methyl sites for hydroxylation is 1. The van der Waals surface area contributed by atoms with E-state index in [1.807, 2.05) is 38.1 Å². The normalized spacial score (nSPS) is 25.4. The minimum Gasteiger partial charge on any atom is -0.481 e. The molecule has 3 atom stereocenters. The summed E-state index contributed by atoms with van der Waals surface area (Å²) in [5.41, 5.74) is 2.21. The van der Waals surface area contributed by atoms with E-state index in [1.54, 1.807) is 0 Å². The first-order valence-electron chi connectivity index (χ1n) is 7.03. The first kappa shape index (κ1) is 14.6. The van der Waals surface area contributed by atoms with E-state index < -0.39 is 17.8 Å². The average molecular weight is 275 g/mol. The van der Waals surface area contributed by atoms with Crippen LogP contribution in [0.25, 0.3) is 0 Å². The summed E-state index contributed by atoms with van der Waals surface area (Å²) >= 11 is 0. The Morgan fingerprint density at radius 3 is 2.40 bits per heavy atom. The van der Waals surface area contributed by atoms with Crippen molar-refractivity contribution in [2.75, 3.05) is 0 Å². The first-order chi connectivity index (χ1) is 9.47. The number of carboxylic acids is 1. The van der Waals surface area contributed by atoms with E-state index in [4.69, 9.17) is 0 Å². The van der Waals surface area contributed by atoms with Gasteiger partial charge in [0.25, 0.3) is 0 Å². The van der Waals surface area contributed by atoms with Crippen LogP contribution in [-0.2, 0) is 16.1 Å². The van der Waals surface area contributed by atoms with Crippen molar-refractivity contribution in [2.24, 2.45) is 17.8 Å². The molecular weight excluding hydrogens is 254 g/mol. The Morgan fingerprint density at radius 1 is 1.20 bits per heavy atom. The van der Waals surface area contributed by atoms with Crippen molar-refractivity contribution >= 4 is 11.9 Å². The third kappa shape index (κ3) is 3.38. The molecule has 108 valence electrons. The summed E-state index contributed by atoms with van der Waals surface area (Å²) in [7, 11) is 0. The van der Waals surface area contributed by atoms with E-state index in [-0.39, 0.29) is 5.91 Å². The largest absolute Gasteiger partial charge is 0.481 e. The molecule has 1 fully saturated rings. The highest BCUT2D eigenvalue weighted by molar-refractivity contribution is 5.85. The maximum Gasteiger partial charge on any atom is 0.307 e. The lowest BCUT2D eigenvalue weighted by Gasteiger charge is -2.15. The van der Waals surface area contributed by atoms with Crippen LogP contribution in [-0.4, -0.2) is 17.0 Å². The molecule has 1 aliphatic rings. The van der Waals surface area contributed by atoms with Crippen molar-refractivity contribution in [1.29, 1.82) is 0 Å². The topological polar surface area (TPSA) is 66.4 Å². The van der Waals surface area contributed by atoms with Gasteiger partial charge in [0, 0.05) is 6.54 Å². The molecule has 20 heavy (non-hydrogen) atoms. The second-order valence-electron chi connectivity index (χ2n) is 5.83. The highest BCUT2D eigenvalue weighted by Gasteiger charge is 2.40. The van der Waals surface area contributed by atoms with Gasteiger partial charge in [0.2, 0.25) is 5.91 Å². The fourth-order valence-electron chi connectivity index (χ4n) is 2.88. The van der Waals surface area contributed by atoms with Gasteiger partial charge >= 0.3 is 5.97 Å². The number of nitrogens with one attached hydrogen (secondary N) is 1. The SMILES string of the molecule is Cc1ccc(CNC(=O)[C@H]2CC(C)C[C@H]2C(=O)O)cc1. The molecule has 0 spiro atoms. The Hall–Kier alpha value is -1.84. The van der Waals surface area contributed by atoms with Gasteiger partial charge in [0.05, 0.1) is 11.8 Å². The standard InChI is InChI=1S/C16H21NO3/c1-10-3-5-12(6-4-10)9-17-15(18)13-7-11(2)8-14(13)16(19)20/h3-6,11,13-14H,7-9H2,1-2H3,(H,17,18)(H,19,20)/t11?,13-,14+/m0/s1. The predicted octanol–water partition coefficient (Wildman–Crippen LogP) is 2.36. The van der Waals surface area contributed by atoms with Crippen LogP contribution in [0.3, 0.4) is 0 Å². The van der Waals surface area contributed by atoms with Crippen LogP contribution in [0.2, 0.25) is 0 Å². The fourth-order valence-corrected chi connectivity index (χ4v) is 2.88. The number of aliphatic carboxylic acids is 1. The molecule has 4 heteroatoms. The maximum atomic E-state index is 12.2. The minimum atomic E-state index is -0.857. The van der Waals surface area contributed by atoms with Gasteiger partial charge in [-0.1, -0.05) is 36.8 Å². The first-order valence-corrected chi connectivity index (χ1v) is 7.03. The summed E-state index contributed by atoms with van der Waals surface area (Å²) in [5, 5.41) is 12.0. The third-order valence-corrected chi connectivity index (χ3v) is 4.04. The van der Waals surface area contributed by atoms with Crippen LogP contribution in [0.15, 0.2) is 24.3 Å². The van der Waals surface area contributed by atoms with Crippen molar-refractivity contribution in [3.63, 3.8) is 0 Å². The van der Waals surface area contributed by atoms with Crippen LogP contribution in [0.5, 0.6) is 0 Å². The number of amides is 1. The van der Waals surface area contributed by atoms with Gasteiger partial charge < -0.3 is 10.4 Å². The van der Waals surface area contributed by atoms with Gasteiger partial charge in [0.1, 0.15) is 0 Å². The van der Waals surface area contributed by atoms with Crippen LogP contribution < -0.4 is 5.32 Å². The van der Waals surface area contributed by atoms with Crippen LogP contribution in [0.4, 0.5) is 0 Å². The molecule has 1 saturated carbocycles. The second kappa shape index (κ2) is 6.07. The molecule has 0 saturated heterocycles. The lowest BCUT2D eigenvalue weighted by Crippen LogP contribution is -2.34. The summed E-state index contributed by atoms with van der Waals surface area (Å²) in [6.45, 7) is 4.47. The molecule has 1 aliphatic carbocycles. The van der Waals surface area contributed by atoms with Gasteiger partial charge in [-0.05, 0) is 31.2 Å². The van der Waals surface area contributed by atoms with E-state index >= 15 is 0 Å². The van der Waals surface area contributed by atoms with Crippen molar-refractivity contribution in [3.8, 4) is 0 Å². The number of carboxylic acid groups (broad SMARTS) is 1. The highest BCUT2D eigenvalue weighted by Crippen LogP contribution is 2.36. The zero-order valence-electron chi connectivity index (χ0n) is 11.9. The highest BCUT2D eigenvalue weighted by atomic mass is 16.4. The third-order valence-electron chi connectivity index (χ3n) is 4.04. The number of benzene rings is 1. The zero-order valence-corrected chi connectivity index (χ0v) is 11.9. The van der Waals surface area contributed by atoms with E-state index in [9.17, 15) is 14.7 Å². The van der Waals surface area contributed by atoms with Crippen molar-refractivity contribution in [1.82, 2.24) is 5.32 Å². The molecule has 2 N–H and O–H groups in total. The van der Waals surface area contributed by atoms with Crippen LogP contribution in [0.1, 0.15) is 30.9 Å². The van der Waals surface area contributed by atoms with E-state index in [0.717, 1.165) is 5.56 Å². The molecule has 1 aromatic rings. The van der Waals surface area contributed by atoms with E-state index in [2.05, 4.69) is 5.32 Å². The smallest absolute Gasteiger partial charge is 0.307 e. The summed E-state index contributed by atoms with van der Waals surface area (Å²) in [6.07, 6.45) is 1.26. The van der Waals surface area contributed by atoms with Gasteiger partial charge in [-0.2, -0.15) is 0 Å². The molecule has 0 aliphatic heterocycles. The molecule has 4 nitrogen and oxygen atoms in total. The Morgan fingerprint density at radius 2 is 1.80 bits per heavy atom. The van der Waals surface area contributed by atoms with Crippen LogP contribution >= 0.6 is 0 Å². The van der Waals surface area contributed by atoms with Gasteiger partial charge in [-0.15, -0.1) is 0 Å². The number of hydrogen-bond acceptors (Lipinski definition) is 2. The van der Waals surface area contributed by atoms with E-state index in [0.29, 0.717) is 25.3 Å². The Kier molecular flexibility index (Phi) is 4.42. The molecule has 0 heterocycles. The van der Waals surface area contributed by atoms with Gasteiger partial charge in [-0.25, -0.2) is 0 Å². The minimum absolute atomic E-state index is 0.137. The fraction of sp³-hybridized carbons (Fsp3) is 0.500. The van der Waals surface area contributed by atoms with Gasteiger partial charge in [-0.3, -0.25) is 9.59 Å². The molecule has 0 aromatic heterocycles. The second-order valence-corrected chi connectivity index (χ2v) is 5.83. The number of carbonyl (C=O) groups excluding carboxylic acids is 1. The van der Waals surface area contributed by atoms with Crippen molar-refractivity contribution < 1.29 is 14.7 Å². The molecule has 1 unspecified atom stereocenters. The molecule has 2 rings (SSSR count). The Bertz CT molecular complexity index is 495. The summed E-state index contributed by atoms with van der Waals surface area (Å²) in [4.78, 5) is 23.4. The summed E-state index contributed by atoms with van der Waals surface area (Å²) in [6, 6.07) is 7.95. The Labute approximate surface area is 119 Å². The zero-order chi connectivity index (χ0) is 14.7. The quantitative estimate of drug-likeness (QED) is 0.886. The van der Waals surface area contributed by atoms with Crippen molar-refractivity contribution in [2.45, 2.75) is 33.2 Å². The summed E-state index contributed by atoms with van der Waals surface area (Å²) in [5.74, 6) is -1.63. The molecule has 1 aromatic carbocycles. The number of rotatable bonds is 4. The molecule has 0 radical (unpaired) electrons.